The van der Waals surface area contributed by atoms with Crippen LogP contribution >= 0.6 is 15.9 Å². The van der Waals surface area contributed by atoms with Gasteiger partial charge in [-0.15, -0.1) is 0 Å². The standard InChI is InChI=1S/C20H15BrN2O4/c21-15-6-11-19(27-13-14-4-2-1-3-5-14)18(12-15)20(24)22-16-7-9-17(10-8-16)23(25)26/h1-12H,13H2,(H,22,24). The number of rotatable bonds is 6. The number of anilines is 1. The fourth-order valence-corrected chi connectivity index (χ4v) is 2.77. The molecule has 0 radical (unpaired) electrons. The van der Waals surface area contributed by atoms with Crippen LogP contribution in [0.15, 0.2) is 77.3 Å². The predicted octanol–water partition coefficient (Wildman–Crippen LogP) is 5.19. The maximum Gasteiger partial charge on any atom is 0.269 e. The van der Waals surface area contributed by atoms with Crippen LogP contribution in [-0.2, 0) is 6.61 Å². The van der Waals surface area contributed by atoms with E-state index >= 15 is 0 Å². The number of halogens is 1. The first-order valence-corrected chi connectivity index (χ1v) is 8.84. The van der Waals surface area contributed by atoms with Crippen LogP contribution in [-0.4, -0.2) is 10.8 Å². The van der Waals surface area contributed by atoms with Crippen LogP contribution in [0.2, 0.25) is 0 Å². The lowest BCUT2D eigenvalue weighted by Gasteiger charge is -2.12. The first kappa shape index (κ1) is 18.6. The number of hydrogen-bond donors (Lipinski definition) is 1. The van der Waals surface area contributed by atoms with Crippen molar-refractivity contribution in [2.45, 2.75) is 6.61 Å². The Balaban J connectivity index is 1.76. The lowest BCUT2D eigenvalue weighted by atomic mass is 10.1. The van der Waals surface area contributed by atoms with Crippen LogP contribution in [0.25, 0.3) is 0 Å². The number of nitrogens with zero attached hydrogens (tertiary/aromatic N) is 1. The molecule has 0 saturated heterocycles. The number of benzene rings is 3. The number of amides is 1. The van der Waals surface area contributed by atoms with E-state index in [0.717, 1.165) is 10.0 Å². The van der Waals surface area contributed by atoms with Gasteiger partial charge in [0.1, 0.15) is 12.4 Å². The summed E-state index contributed by atoms with van der Waals surface area (Å²) in [7, 11) is 0. The Kier molecular flexibility index (Phi) is 5.83. The highest BCUT2D eigenvalue weighted by Gasteiger charge is 2.15. The average Bonchev–Trinajstić information content (AvgIpc) is 2.68. The van der Waals surface area contributed by atoms with Crippen LogP contribution in [0.4, 0.5) is 11.4 Å². The van der Waals surface area contributed by atoms with Crippen LogP contribution in [0.3, 0.4) is 0 Å². The molecule has 6 nitrogen and oxygen atoms in total. The quantitative estimate of drug-likeness (QED) is 0.434. The molecule has 3 rings (SSSR count). The van der Waals surface area contributed by atoms with Gasteiger partial charge in [0.2, 0.25) is 0 Å². The Labute approximate surface area is 164 Å². The van der Waals surface area contributed by atoms with E-state index in [1.807, 2.05) is 30.3 Å². The normalized spacial score (nSPS) is 10.3. The number of carbonyl (C=O) groups is 1. The van der Waals surface area contributed by atoms with Gasteiger partial charge >= 0.3 is 0 Å². The fourth-order valence-electron chi connectivity index (χ4n) is 2.41. The lowest BCUT2D eigenvalue weighted by molar-refractivity contribution is -0.384. The summed E-state index contributed by atoms with van der Waals surface area (Å²) in [5.74, 6) is 0.0784. The van der Waals surface area contributed by atoms with Gasteiger partial charge in [-0.2, -0.15) is 0 Å². The van der Waals surface area contributed by atoms with Crippen molar-refractivity contribution in [1.82, 2.24) is 0 Å². The third-order valence-corrected chi connectivity index (χ3v) is 4.25. The van der Waals surface area contributed by atoms with Crippen LogP contribution in [0.5, 0.6) is 5.75 Å². The molecular formula is C20H15BrN2O4. The second-order valence-corrected chi connectivity index (χ2v) is 6.59. The molecule has 0 heterocycles. The number of nitrogens with one attached hydrogen (secondary N) is 1. The Morgan fingerprint density at radius 3 is 2.41 bits per heavy atom. The molecular weight excluding hydrogens is 412 g/mol. The zero-order valence-corrected chi connectivity index (χ0v) is 15.7. The van der Waals surface area contributed by atoms with E-state index in [-0.39, 0.29) is 11.6 Å². The Morgan fingerprint density at radius 1 is 1.04 bits per heavy atom. The molecule has 0 aromatic heterocycles. The predicted molar refractivity (Wildman–Crippen MR) is 106 cm³/mol. The van der Waals surface area contributed by atoms with Crippen molar-refractivity contribution in [1.29, 1.82) is 0 Å². The molecule has 0 fully saturated rings. The minimum Gasteiger partial charge on any atom is -0.488 e. The third-order valence-electron chi connectivity index (χ3n) is 3.76. The lowest BCUT2D eigenvalue weighted by Crippen LogP contribution is -2.14. The highest BCUT2D eigenvalue weighted by Crippen LogP contribution is 2.26. The van der Waals surface area contributed by atoms with Crippen LogP contribution < -0.4 is 10.1 Å². The van der Waals surface area contributed by atoms with E-state index in [1.54, 1.807) is 18.2 Å². The molecule has 27 heavy (non-hydrogen) atoms. The minimum atomic E-state index is -0.491. The SMILES string of the molecule is O=C(Nc1ccc([N+](=O)[O-])cc1)c1cc(Br)ccc1OCc1ccccc1. The molecule has 0 aliphatic rings. The summed E-state index contributed by atoms with van der Waals surface area (Å²) in [4.78, 5) is 22.9. The Bertz CT molecular complexity index is 959. The van der Waals surface area contributed by atoms with Crippen molar-refractivity contribution in [3.63, 3.8) is 0 Å². The van der Waals surface area contributed by atoms with Crippen LogP contribution in [0.1, 0.15) is 15.9 Å². The topological polar surface area (TPSA) is 81.5 Å². The zero-order valence-electron chi connectivity index (χ0n) is 14.1. The Morgan fingerprint density at radius 2 is 1.74 bits per heavy atom. The second kappa shape index (κ2) is 8.46. The van der Waals surface area contributed by atoms with Crippen molar-refractivity contribution in [2.75, 3.05) is 5.32 Å². The molecule has 0 atom stereocenters. The van der Waals surface area contributed by atoms with Gasteiger partial charge in [-0.3, -0.25) is 14.9 Å². The van der Waals surface area contributed by atoms with Gasteiger partial charge in [0.15, 0.2) is 0 Å². The summed E-state index contributed by atoms with van der Waals surface area (Å²) >= 11 is 3.36. The molecule has 0 saturated carbocycles. The molecule has 0 aliphatic heterocycles. The van der Waals surface area contributed by atoms with E-state index in [0.29, 0.717) is 23.6 Å². The second-order valence-electron chi connectivity index (χ2n) is 5.67. The fraction of sp³-hybridized carbons (Fsp3) is 0.0500. The van der Waals surface area contributed by atoms with E-state index < -0.39 is 4.92 Å². The molecule has 136 valence electrons. The summed E-state index contributed by atoms with van der Waals surface area (Å²) in [6.07, 6.45) is 0. The summed E-state index contributed by atoms with van der Waals surface area (Å²) in [5.41, 5.74) is 1.77. The molecule has 3 aromatic rings. The van der Waals surface area contributed by atoms with Crippen molar-refractivity contribution < 1.29 is 14.5 Å². The van der Waals surface area contributed by atoms with Crippen molar-refractivity contribution >= 4 is 33.2 Å². The van der Waals surface area contributed by atoms with Gasteiger partial charge in [-0.05, 0) is 35.9 Å². The molecule has 1 N–H and O–H groups in total. The van der Waals surface area contributed by atoms with E-state index in [9.17, 15) is 14.9 Å². The van der Waals surface area contributed by atoms with E-state index in [1.165, 1.54) is 24.3 Å². The number of carbonyl (C=O) groups excluding carboxylic acids is 1. The van der Waals surface area contributed by atoms with Gasteiger partial charge in [0.05, 0.1) is 10.5 Å². The largest absolute Gasteiger partial charge is 0.488 e. The highest BCUT2D eigenvalue weighted by molar-refractivity contribution is 9.10. The van der Waals surface area contributed by atoms with E-state index in [2.05, 4.69) is 21.2 Å². The van der Waals surface area contributed by atoms with Gasteiger partial charge in [-0.1, -0.05) is 46.3 Å². The molecule has 0 unspecified atom stereocenters. The summed E-state index contributed by atoms with van der Waals surface area (Å²) in [6.45, 7) is 0.334. The number of nitro benzene ring substituents is 1. The van der Waals surface area contributed by atoms with Crippen molar-refractivity contribution in [3.05, 3.63) is 98.5 Å². The summed E-state index contributed by atoms with van der Waals surface area (Å²) in [5, 5.41) is 13.5. The van der Waals surface area contributed by atoms with Gasteiger partial charge in [-0.25, -0.2) is 0 Å². The zero-order chi connectivity index (χ0) is 19.2. The summed E-state index contributed by atoms with van der Waals surface area (Å²) < 4.78 is 6.56. The van der Waals surface area contributed by atoms with Crippen molar-refractivity contribution in [3.8, 4) is 5.75 Å². The molecule has 3 aromatic carbocycles. The maximum absolute atomic E-state index is 12.7. The van der Waals surface area contributed by atoms with E-state index in [4.69, 9.17) is 4.74 Å². The molecule has 1 amide bonds. The average molecular weight is 427 g/mol. The first-order chi connectivity index (χ1) is 13.0. The highest BCUT2D eigenvalue weighted by atomic mass is 79.9. The van der Waals surface area contributed by atoms with Crippen molar-refractivity contribution in [2.24, 2.45) is 0 Å². The molecule has 7 heteroatoms. The number of non-ortho nitro benzene ring substituents is 1. The third kappa shape index (κ3) is 4.92. The van der Waals surface area contributed by atoms with Gasteiger partial charge in [0, 0.05) is 22.3 Å². The number of ether oxygens (including phenoxy) is 1. The number of nitro groups is 1. The number of hydrogen-bond acceptors (Lipinski definition) is 4. The first-order valence-electron chi connectivity index (χ1n) is 8.05. The monoisotopic (exact) mass is 426 g/mol. The molecule has 0 bridgehead atoms. The van der Waals surface area contributed by atoms with Gasteiger partial charge in [0.25, 0.3) is 11.6 Å². The molecule has 0 spiro atoms. The Hall–Kier alpha value is -3.19. The smallest absolute Gasteiger partial charge is 0.269 e. The molecule has 0 aliphatic carbocycles. The maximum atomic E-state index is 12.7. The minimum absolute atomic E-state index is 0.0395. The van der Waals surface area contributed by atoms with Crippen LogP contribution in [0, 0.1) is 10.1 Å². The summed E-state index contributed by atoms with van der Waals surface area (Å²) in [6, 6.07) is 20.5. The van der Waals surface area contributed by atoms with Gasteiger partial charge < -0.3 is 10.1 Å².